The number of hydrogen-bond acceptors (Lipinski definition) is 3. The number of carboxylic acid groups (broad SMARTS) is 1. The van der Waals surface area contributed by atoms with Crippen LogP contribution in [0.2, 0.25) is 0 Å². The first-order chi connectivity index (χ1) is 9.50. The summed E-state index contributed by atoms with van der Waals surface area (Å²) < 4.78 is 0. The Labute approximate surface area is 119 Å². The Morgan fingerprint density at radius 3 is 2.15 bits per heavy atom. The lowest BCUT2D eigenvalue weighted by Crippen LogP contribution is -2.44. The number of nitrogens with one attached hydrogen (secondary N) is 1. The minimum absolute atomic E-state index is 0.0398. The molecule has 1 atom stereocenters. The lowest BCUT2D eigenvalue weighted by molar-refractivity contribution is -0.143. The predicted molar refractivity (Wildman–Crippen MR) is 73.8 cm³/mol. The van der Waals surface area contributed by atoms with Crippen LogP contribution in [-0.4, -0.2) is 28.9 Å². The van der Waals surface area contributed by atoms with Crippen LogP contribution in [0.3, 0.4) is 0 Å². The Bertz CT molecular complexity index is 349. The third-order valence-electron chi connectivity index (χ3n) is 3.77. The van der Waals surface area contributed by atoms with Crippen LogP contribution in [0.4, 0.5) is 0 Å². The molecule has 4 N–H and O–H groups in total. The molecular weight excluding hydrogens is 260 g/mol. The third kappa shape index (κ3) is 6.04. The van der Waals surface area contributed by atoms with E-state index in [1.807, 2.05) is 0 Å². The fraction of sp³-hybridized carbons (Fsp3) is 0.786. The first-order valence-corrected chi connectivity index (χ1v) is 7.32. The van der Waals surface area contributed by atoms with Crippen LogP contribution < -0.4 is 11.1 Å². The van der Waals surface area contributed by atoms with Crippen LogP contribution in [0.25, 0.3) is 0 Å². The molecular formula is C14H24N2O4. The van der Waals surface area contributed by atoms with E-state index >= 15 is 0 Å². The molecule has 1 aliphatic carbocycles. The summed E-state index contributed by atoms with van der Waals surface area (Å²) in [7, 11) is 0. The molecule has 6 heteroatoms. The zero-order valence-corrected chi connectivity index (χ0v) is 11.8. The van der Waals surface area contributed by atoms with Gasteiger partial charge in [0.25, 0.3) is 0 Å². The molecule has 20 heavy (non-hydrogen) atoms. The van der Waals surface area contributed by atoms with E-state index in [4.69, 9.17) is 10.8 Å². The molecule has 0 aromatic carbocycles. The Morgan fingerprint density at radius 1 is 1.10 bits per heavy atom. The van der Waals surface area contributed by atoms with Gasteiger partial charge in [0, 0.05) is 12.3 Å². The highest BCUT2D eigenvalue weighted by Crippen LogP contribution is 2.22. The van der Waals surface area contributed by atoms with Crippen molar-refractivity contribution >= 4 is 17.8 Å². The molecule has 0 aromatic heterocycles. The second kappa shape index (κ2) is 8.55. The predicted octanol–water partition coefficient (Wildman–Crippen LogP) is 1.18. The van der Waals surface area contributed by atoms with Crippen LogP contribution in [0, 0.1) is 5.92 Å². The maximum atomic E-state index is 12.1. The summed E-state index contributed by atoms with van der Waals surface area (Å²) >= 11 is 0. The Hall–Kier alpha value is -1.59. The molecule has 2 amide bonds. The normalized spacial score (nSPS) is 18.6. The van der Waals surface area contributed by atoms with Gasteiger partial charge in [0.05, 0.1) is 0 Å². The summed E-state index contributed by atoms with van der Waals surface area (Å²) in [6.07, 6.45) is 7.13. The van der Waals surface area contributed by atoms with E-state index in [0.717, 1.165) is 38.5 Å². The largest absolute Gasteiger partial charge is 0.480 e. The van der Waals surface area contributed by atoms with E-state index in [1.54, 1.807) is 0 Å². The number of rotatable bonds is 6. The highest BCUT2D eigenvalue weighted by atomic mass is 16.4. The van der Waals surface area contributed by atoms with Gasteiger partial charge in [0.1, 0.15) is 6.04 Å². The summed E-state index contributed by atoms with van der Waals surface area (Å²) in [5, 5.41) is 11.6. The molecule has 1 unspecified atom stereocenters. The number of hydrogen-bond donors (Lipinski definition) is 3. The molecule has 0 radical (unpaired) electrons. The van der Waals surface area contributed by atoms with E-state index in [9.17, 15) is 14.4 Å². The van der Waals surface area contributed by atoms with Crippen LogP contribution in [-0.2, 0) is 14.4 Å². The van der Waals surface area contributed by atoms with Gasteiger partial charge in [-0.15, -0.1) is 0 Å². The summed E-state index contributed by atoms with van der Waals surface area (Å²) in [6.45, 7) is 0. The van der Waals surface area contributed by atoms with Crippen molar-refractivity contribution in [3.63, 3.8) is 0 Å². The topological polar surface area (TPSA) is 109 Å². The second-order valence-electron chi connectivity index (χ2n) is 5.45. The highest BCUT2D eigenvalue weighted by molar-refractivity contribution is 5.85. The summed E-state index contributed by atoms with van der Waals surface area (Å²) in [5.41, 5.74) is 5.01. The van der Waals surface area contributed by atoms with Gasteiger partial charge in [-0.1, -0.05) is 32.1 Å². The van der Waals surface area contributed by atoms with Gasteiger partial charge in [-0.25, -0.2) is 4.79 Å². The molecule has 0 bridgehead atoms. The van der Waals surface area contributed by atoms with Gasteiger partial charge in [0.15, 0.2) is 0 Å². The van der Waals surface area contributed by atoms with Crippen molar-refractivity contribution in [1.82, 2.24) is 5.32 Å². The zero-order valence-electron chi connectivity index (χ0n) is 11.8. The van der Waals surface area contributed by atoms with Crippen LogP contribution in [0.1, 0.15) is 57.8 Å². The molecule has 1 aliphatic rings. The summed E-state index contributed by atoms with van der Waals surface area (Å²) in [6, 6.07) is -1.03. The van der Waals surface area contributed by atoms with Crippen molar-refractivity contribution in [2.45, 2.75) is 63.8 Å². The first kappa shape index (κ1) is 16.5. The molecule has 0 heterocycles. The standard InChI is InChI=1S/C14H24N2O4/c15-12(17)9-8-11(14(19)20)16-13(18)10-6-4-2-1-3-5-7-10/h10-11H,1-9H2,(H2,15,17)(H,16,18)(H,19,20). The lowest BCUT2D eigenvalue weighted by atomic mass is 9.90. The first-order valence-electron chi connectivity index (χ1n) is 7.32. The molecule has 1 fully saturated rings. The van der Waals surface area contributed by atoms with E-state index in [1.165, 1.54) is 6.42 Å². The van der Waals surface area contributed by atoms with Gasteiger partial charge in [-0.05, 0) is 19.3 Å². The van der Waals surface area contributed by atoms with Gasteiger partial charge in [-0.2, -0.15) is 0 Å². The zero-order chi connectivity index (χ0) is 15.0. The molecule has 114 valence electrons. The molecule has 1 rings (SSSR count). The van der Waals surface area contributed by atoms with Crippen molar-refractivity contribution in [2.24, 2.45) is 11.7 Å². The minimum atomic E-state index is -1.12. The Balaban J connectivity index is 2.50. The van der Waals surface area contributed by atoms with Crippen molar-refractivity contribution < 1.29 is 19.5 Å². The van der Waals surface area contributed by atoms with Crippen molar-refractivity contribution in [3.05, 3.63) is 0 Å². The van der Waals surface area contributed by atoms with Crippen molar-refractivity contribution in [3.8, 4) is 0 Å². The molecule has 0 aliphatic heterocycles. The number of primary amides is 1. The van der Waals surface area contributed by atoms with Gasteiger partial charge < -0.3 is 16.2 Å². The maximum absolute atomic E-state index is 12.1. The van der Waals surface area contributed by atoms with E-state index < -0.39 is 17.9 Å². The molecule has 0 saturated heterocycles. The van der Waals surface area contributed by atoms with Crippen LogP contribution >= 0.6 is 0 Å². The number of carboxylic acids is 1. The van der Waals surface area contributed by atoms with Gasteiger partial charge in [-0.3, -0.25) is 9.59 Å². The fourth-order valence-corrected chi connectivity index (χ4v) is 2.55. The molecule has 0 aromatic rings. The average molecular weight is 284 g/mol. The lowest BCUT2D eigenvalue weighted by Gasteiger charge is -2.21. The number of aliphatic carboxylic acids is 1. The summed E-state index contributed by atoms with van der Waals surface area (Å²) in [4.78, 5) is 33.9. The quantitative estimate of drug-likeness (QED) is 0.680. The van der Waals surface area contributed by atoms with E-state index in [0.29, 0.717) is 0 Å². The minimum Gasteiger partial charge on any atom is -0.480 e. The molecule has 6 nitrogen and oxygen atoms in total. The van der Waals surface area contributed by atoms with E-state index in [2.05, 4.69) is 5.32 Å². The fourth-order valence-electron chi connectivity index (χ4n) is 2.55. The summed E-state index contributed by atoms with van der Waals surface area (Å²) in [5.74, 6) is -1.99. The molecule has 1 saturated carbocycles. The Kier molecular flexibility index (Phi) is 7.04. The SMILES string of the molecule is NC(=O)CCC(NC(=O)C1CCCCCCC1)C(=O)O. The average Bonchev–Trinajstić information content (AvgIpc) is 2.33. The van der Waals surface area contributed by atoms with Crippen LogP contribution in [0.5, 0.6) is 0 Å². The maximum Gasteiger partial charge on any atom is 0.326 e. The number of carbonyl (C=O) groups is 3. The van der Waals surface area contributed by atoms with Crippen molar-refractivity contribution in [2.75, 3.05) is 0 Å². The third-order valence-corrected chi connectivity index (χ3v) is 3.77. The second-order valence-corrected chi connectivity index (χ2v) is 5.45. The number of nitrogens with two attached hydrogens (primary N) is 1. The van der Waals surface area contributed by atoms with Gasteiger partial charge in [0.2, 0.25) is 11.8 Å². The van der Waals surface area contributed by atoms with Gasteiger partial charge >= 0.3 is 5.97 Å². The highest BCUT2D eigenvalue weighted by Gasteiger charge is 2.25. The molecule has 0 spiro atoms. The van der Waals surface area contributed by atoms with Crippen molar-refractivity contribution in [1.29, 1.82) is 0 Å². The van der Waals surface area contributed by atoms with Crippen LogP contribution in [0.15, 0.2) is 0 Å². The number of amides is 2. The Morgan fingerprint density at radius 2 is 1.65 bits per heavy atom. The smallest absolute Gasteiger partial charge is 0.326 e. The van der Waals surface area contributed by atoms with E-state index in [-0.39, 0.29) is 24.7 Å². The monoisotopic (exact) mass is 284 g/mol. The number of carbonyl (C=O) groups excluding carboxylic acids is 2.